The van der Waals surface area contributed by atoms with E-state index in [0.717, 1.165) is 22.3 Å². The minimum atomic E-state index is -0.103. The number of aromatic nitrogens is 2. The molecule has 0 saturated heterocycles. The highest BCUT2D eigenvalue weighted by Crippen LogP contribution is 2.37. The van der Waals surface area contributed by atoms with Gasteiger partial charge in [0.15, 0.2) is 5.16 Å². The molecule has 0 aliphatic heterocycles. The zero-order valence-electron chi connectivity index (χ0n) is 11.1. The van der Waals surface area contributed by atoms with Crippen molar-refractivity contribution in [1.29, 1.82) is 0 Å². The van der Waals surface area contributed by atoms with Gasteiger partial charge in [-0.15, -0.1) is 11.3 Å². The van der Waals surface area contributed by atoms with Crippen molar-refractivity contribution in [3.63, 3.8) is 0 Å². The van der Waals surface area contributed by atoms with E-state index in [1.54, 1.807) is 17.4 Å². The van der Waals surface area contributed by atoms with Crippen molar-refractivity contribution in [2.24, 2.45) is 5.73 Å². The molecule has 7 heteroatoms. The highest BCUT2D eigenvalue weighted by molar-refractivity contribution is 9.11. The maximum atomic E-state index is 11.7. The lowest BCUT2D eigenvalue weighted by Crippen LogP contribution is -2.13. The van der Waals surface area contributed by atoms with Gasteiger partial charge in [0.05, 0.1) is 9.04 Å². The molecule has 2 aromatic rings. The number of nitrogens with zero attached hydrogens (tertiary/aromatic N) is 1. The van der Waals surface area contributed by atoms with Gasteiger partial charge in [-0.25, -0.2) is 4.98 Å². The molecule has 2 aromatic heterocycles. The van der Waals surface area contributed by atoms with Crippen molar-refractivity contribution in [3.8, 4) is 0 Å². The van der Waals surface area contributed by atoms with Crippen LogP contribution >= 0.6 is 39.0 Å². The largest absolute Gasteiger partial charge is 0.329 e. The van der Waals surface area contributed by atoms with Gasteiger partial charge < -0.3 is 10.7 Å². The van der Waals surface area contributed by atoms with Crippen LogP contribution in [0.1, 0.15) is 29.2 Å². The number of H-pyrrole nitrogens is 1. The molecule has 0 aromatic carbocycles. The second-order valence-corrected chi connectivity index (χ2v) is 7.96. The third-order valence-corrected chi connectivity index (χ3v) is 5.69. The van der Waals surface area contributed by atoms with Gasteiger partial charge in [-0.05, 0) is 34.5 Å². The summed E-state index contributed by atoms with van der Waals surface area (Å²) in [6.45, 7) is 2.57. The number of aromatic amines is 1. The number of thiophene rings is 1. The van der Waals surface area contributed by atoms with Crippen molar-refractivity contribution < 1.29 is 0 Å². The maximum absolute atomic E-state index is 11.7. The molecule has 0 spiro atoms. The van der Waals surface area contributed by atoms with Crippen LogP contribution in [0, 0.1) is 0 Å². The van der Waals surface area contributed by atoms with Gasteiger partial charge in [0.2, 0.25) is 0 Å². The van der Waals surface area contributed by atoms with E-state index in [0.29, 0.717) is 11.7 Å². The fraction of sp³-hybridized carbons (Fsp3) is 0.385. The Morgan fingerprint density at radius 2 is 2.35 bits per heavy atom. The quantitative estimate of drug-likeness (QED) is 0.601. The van der Waals surface area contributed by atoms with E-state index in [2.05, 4.69) is 32.8 Å². The van der Waals surface area contributed by atoms with Gasteiger partial charge in [0, 0.05) is 23.2 Å². The summed E-state index contributed by atoms with van der Waals surface area (Å²) in [5, 5.41) is 0.743. The number of halogens is 1. The normalized spacial score (nSPS) is 12.6. The summed E-state index contributed by atoms with van der Waals surface area (Å²) >= 11 is 6.62. The Balaban J connectivity index is 2.21. The zero-order chi connectivity index (χ0) is 14.5. The smallest absolute Gasteiger partial charge is 0.251 e. The number of rotatable bonds is 6. The molecular weight excluding hydrogens is 358 g/mol. The fourth-order valence-corrected chi connectivity index (χ4v) is 4.38. The Bertz CT molecular complexity index is 626. The summed E-state index contributed by atoms with van der Waals surface area (Å²) in [6, 6.07) is 5.62. The number of aryl methyl sites for hydroxylation is 1. The molecule has 0 amide bonds. The van der Waals surface area contributed by atoms with Gasteiger partial charge in [0.25, 0.3) is 5.56 Å². The molecule has 1 unspecified atom stereocenters. The fourth-order valence-electron chi connectivity index (χ4n) is 1.78. The molecule has 2 heterocycles. The van der Waals surface area contributed by atoms with E-state index >= 15 is 0 Å². The van der Waals surface area contributed by atoms with Crippen LogP contribution in [0.4, 0.5) is 0 Å². The summed E-state index contributed by atoms with van der Waals surface area (Å²) in [7, 11) is 0. The summed E-state index contributed by atoms with van der Waals surface area (Å²) < 4.78 is 1.08. The summed E-state index contributed by atoms with van der Waals surface area (Å²) in [5.41, 5.74) is 6.58. The lowest BCUT2D eigenvalue weighted by Gasteiger charge is -2.12. The first-order valence-electron chi connectivity index (χ1n) is 6.34. The third kappa shape index (κ3) is 4.18. The van der Waals surface area contributed by atoms with Crippen LogP contribution < -0.4 is 11.3 Å². The van der Waals surface area contributed by atoms with E-state index in [-0.39, 0.29) is 10.8 Å². The Kier molecular flexibility index (Phi) is 5.83. The second-order valence-electron chi connectivity index (χ2n) is 4.28. The van der Waals surface area contributed by atoms with Gasteiger partial charge in [-0.3, -0.25) is 4.79 Å². The summed E-state index contributed by atoms with van der Waals surface area (Å²) in [5.74, 6) is 0. The molecule has 108 valence electrons. The zero-order valence-corrected chi connectivity index (χ0v) is 14.3. The number of nitrogens with one attached hydrogen (secondary N) is 1. The average Bonchev–Trinajstić information content (AvgIpc) is 2.82. The van der Waals surface area contributed by atoms with E-state index in [1.165, 1.54) is 16.6 Å². The van der Waals surface area contributed by atoms with Gasteiger partial charge in [-0.2, -0.15) is 0 Å². The number of hydrogen-bond donors (Lipinski definition) is 2. The van der Waals surface area contributed by atoms with Crippen molar-refractivity contribution in [2.75, 3.05) is 6.54 Å². The topological polar surface area (TPSA) is 71.8 Å². The standard InChI is InChI=1S/C13H16BrN3OS2/c1-2-3-8-6-12(18)17-13(16-8)20-10(7-15)9-4-5-11(14)19-9/h4-6,10H,2-3,7,15H2,1H3,(H,16,17,18). The van der Waals surface area contributed by atoms with Crippen LogP contribution in [0.5, 0.6) is 0 Å². The van der Waals surface area contributed by atoms with E-state index in [4.69, 9.17) is 5.73 Å². The molecule has 0 aliphatic carbocycles. The lowest BCUT2D eigenvalue weighted by atomic mass is 10.2. The molecule has 0 bridgehead atoms. The Morgan fingerprint density at radius 1 is 1.55 bits per heavy atom. The van der Waals surface area contributed by atoms with Crippen LogP contribution in [0.2, 0.25) is 0 Å². The van der Waals surface area contributed by atoms with Gasteiger partial charge >= 0.3 is 0 Å². The van der Waals surface area contributed by atoms with Gasteiger partial charge in [-0.1, -0.05) is 25.1 Å². The predicted molar refractivity (Wildman–Crippen MR) is 88.5 cm³/mol. The number of thioether (sulfide) groups is 1. The number of nitrogens with two attached hydrogens (primary N) is 1. The molecule has 3 N–H and O–H groups in total. The molecule has 20 heavy (non-hydrogen) atoms. The first-order valence-corrected chi connectivity index (χ1v) is 8.83. The molecular formula is C13H16BrN3OS2. The first-order chi connectivity index (χ1) is 9.62. The molecule has 0 fully saturated rings. The second kappa shape index (κ2) is 7.40. The van der Waals surface area contributed by atoms with Crippen LogP contribution in [-0.4, -0.2) is 16.5 Å². The summed E-state index contributed by atoms with van der Waals surface area (Å²) in [6.07, 6.45) is 1.79. The average molecular weight is 374 g/mol. The van der Waals surface area contributed by atoms with E-state index < -0.39 is 0 Å². The predicted octanol–water partition coefficient (Wildman–Crippen LogP) is 3.34. The Hall–Kier alpha value is -0.630. The highest BCUT2D eigenvalue weighted by Gasteiger charge is 2.15. The molecule has 0 radical (unpaired) electrons. The minimum Gasteiger partial charge on any atom is -0.329 e. The Morgan fingerprint density at radius 3 is 2.95 bits per heavy atom. The van der Waals surface area contributed by atoms with Crippen molar-refractivity contribution in [3.05, 3.63) is 42.9 Å². The molecule has 2 rings (SSSR count). The van der Waals surface area contributed by atoms with Crippen molar-refractivity contribution >= 4 is 39.0 Å². The number of hydrogen-bond acceptors (Lipinski definition) is 5. The highest BCUT2D eigenvalue weighted by atomic mass is 79.9. The van der Waals surface area contributed by atoms with Crippen molar-refractivity contribution in [2.45, 2.75) is 30.2 Å². The van der Waals surface area contributed by atoms with Gasteiger partial charge in [0.1, 0.15) is 0 Å². The minimum absolute atomic E-state index is 0.103. The molecule has 0 saturated carbocycles. The maximum Gasteiger partial charge on any atom is 0.251 e. The lowest BCUT2D eigenvalue weighted by molar-refractivity contribution is 0.811. The summed E-state index contributed by atoms with van der Waals surface area (Å²) in [4.78, 5) is 20.1. The van der Waals surface area contributed by atoms with Crippen molar-refractivity contribution in [1.82, 2.24) is 9.97 Å². The van der Waals surface area contributed by atoms with E-state index in [9.17, 15) is 4.79 Å². The molecule has 0 aliphatic rings. The molecule has 1 atom stereocenters. The van der Waals surface area contributed by atoms with Crippen LogP contribution in [0.3, 0.4) is 0 Å². The third-order valence-electron chi connectivity index (χ3n) is 2.66. The van der Waals surface area contributed by atoms with Crippen LogP contribution in [0.15, 0.2) is 31.9 Å². The monoisotopic (exact) mass is 373 g/mol. The van der Waals surface area contributed by atoms with Crippen LogP contribution in [-0.2, 0) is 6.42 Å². The molecule has 4 nitrogen and oxygen atoms in total. The van der Waals surface area contributed by atoms with E-state index in [1.807, 2.05) is 12.1 Å². The SMILES string of the molecule is CCCc1cc(=O)[nH]c(SC(CN)c2ccc(Br)s2)n1. The van der Waals surface area contributed by atoms with Crippen LogP contribution in [0.25, 0.3) is 0 Å². The Labute approximate surface area is 134 Å². The first kappa shape index (κ1) is 15.8.